The molecule has 0 saturated carbocycles. The highest BCUT2D eigenvalue weighted by molar-refractivity contribution is 7.24. The molecular formula is C19H15F2N3OS. The molecule has 0 aliphatic heterocycles. The molecule has 0 fully saturated rings. The topological polar surface area (TPSA) is 68.0 Å². The van der Waals surface area contributed by atoms with Gasteiger partial charge in [0.15, 0.2) is 5.43 Å². The summed E-state index contributed by atoms with van der Waals surface area (Å²) < 4.78 is 29.5. The lowest BCUT2D eigenvalue weighted by Crippen LogP contribution is -2.11. The Morgan fingerprint density at radius 3 is 2.77 bits per heavy atom. The number of nitrogens with zero attached hydrogens (tertiary/aromatic N) is 1. The Morgan fingerprint density at radius 1 is 1.12 bits per heavy atom. The van der Waals surface area contributed by atoms with E-state index in [-0.39, 0.29) is 16.5 Å². The molecule has 0 radical (unpaired) electrons. The van der Waals surface area contributed by atoms with Gasteiger partial charge in [0.05, 0.1) is 21.3 Å². The third kappa shape index (κ3) is 2.69. The molecular weight excluding hydrogens is 356 g/mol. The van der Waals surface area contributed by atoms with E-state index < -0.39 is 11.6 Å². The minimum atomic E-state index is -0.480. The summed E-state index contributed by atoms with van der Waals surface area (Å²) in [7, 11) is 0. The minimum absolute atomic E-state index is 0.231. The van der Waals surface area contributed by atoms with Crippen LogP contribution < -0.4 is 16.5 Å². The number of hydrogen-bond acceptors (Lipinski definition) is 5. The summed E-state index contributed by atoms with van der Waals surface area (Å²) in [5, 5.41) is 4.09. The van der Waals surface area contributed by atoms with Crippen LogP contribution in [0.25, 0.3) is 31.1 Å². The molecule has 0 aliphatic rings. The minimum Gasteiger partial charge on any atom is -0.382 e. The third-order valence-corrected chi connectivity index (χ3v) is 5.37. The molecule has 3 N–H and O–H groups in total. The van der Waals surface area contributed by atoms with Crippen molar-refractivity contribution < 1.29 is 8.78 Å². The molecule has 7 heteroatoms. The summed E-state index contributed by atoms with van der Waals surface area (Å²) in [5.41, 5.74) is 5.92. The molecule has 4 nitrogen and oxygen atoms in total. The maximum atomic E-state index is 14.5. The molecule has 132 valence electrons. The lowest BCUT2D eigenvalue weighted by atomic mass is 10.1. The first kappa shape index (κ1) is 16.8. The van der Waals surface area contributed by atoms with Crippen molar-refractivity contribution in [3.05, 3.63) is 58.4 Å². The number of pyridine rings is 1. The Kier molecular flexibility index (Phi) is 4.26. The van der Waals surface area contributed by atoms with Crippen LogP contribution in [0.1, 0.15) is 6.42 Å². The number of anilines is 1. The van der Waals surface area contributed by atoms with Crippen LogP contribution in [-0.2, 0) is 0 Å². The Hall–Kier alpha value is -2.64. The second-order valence-electron chi connectivity index (χ2n) is 5.95. The van der Waals surface area contributed by atoms with Crippen molar-refractivity contribution in [1.82, 2.24) is 4.98 Å². The van der Waals surface area contributed by atoms with Crippen molar-refractivity contribution in [1.29, 1.82) is 0 Å². The van der Waals surface area contributed by atoms with Gasteiger partial charge in [-0.3, -0.25) is 9.78 Å². The molecule has 0 aliphatic carbocycles. The van der Waals surface area contributed by atoms with Gasteiger partial charge in [0.1, 0.15) is 11.6 Å². The van der Waals surface area contributed by atoms with Crippen molar-refractivity contribution in [2.45, 2.75) is 6.42 Å². The number of rotatable bonds is 4. The average Bonchev–Trinajstić information content (AvgIpc) is 2.64. The Labute approximate surface area is 151 Å². The summed E-state index contributed by atoms with van der Waals surface area (Å²) >= 11 is 1.33. The summed E-state index contributed by atoms with van der Waals surface area (Å²) in [6.07, 6.45) is 2.27. The molecule has 0 amide bonds. The predicted molar refractivity (Wildman–Crippen MR) is 103 cm³/mol. The molecule has 26 heavy (non-hydrogen) atoms. The number of benzene rings is 2. The largest absolute Gasteiger partial charge is 0.382 e. The van der Waals surface area contributed by atoms with Gasteiger partial charge in [-0.1, -0.05) is 0 Å². The van der Waals surface area contributed by atoms with Gasteiger partial charge in [0, 0.05) is 28.2 Å². The van der Waals surface area contributed by atoms with E-state index in [0.717, 1.165) is 0 Å². The number of hydrogen-bond donors (Lipinski definition) is 2. The lowest BCUT2D eigenvalue weighted by molar-refractivity contribution is 0.629. The SMILES string of the molecule is NCCCNc1c(F)ccc2ncc3sc4ccc(F)cc4c(=O)c3c12. The van der Waals surface area contributed by atoms with E-state index in [0.29, 0.717) is 45.2 Å². The standard InChI is InChI=1S/C19H15F2N3OS/c20-10-2-5-14-11(8-10)19(25)17-15(26-14)9-24-13-4-3-12(21)18(16(13)17)23-7-1-6-22/h2-5,8-9,23H,1,6-7,22H2. The Morgan fingerprint density at radius 2 is 1.96 bits per heavy atom. The predicted octanol–water partition coefficient (Wildman–Crippen LogP) is 4.00. The number of halogens is 2. The van der Waals surface area contributed by atoms with E-state index in [2.05, 4.69) is 10.3 Å². The second-order valence-corrected chi connectivity index (χ2v) is 7.04. The first-order valence-electron chi connectivity index (χ1n) is 8.17. The second kappa shape index (κ2) is 6.59. The van der Waals surface area contributed by atoms with Gasteiger partial charge in [-0.05, 0) is 43.3 Å². The van der Waals surface area contributed by atoms with E-state index >= 15 is 0 Å². The number of nitrogens with two attached hydrogens (primary N) is 1. The fraction of sp³-hybridized carbons (Fsp3) is 0.158. The maximum absolute atomic E-state index is 14.5. The Bertz CT molecular complexity index is 1210. The number of fused-ring (bicyclic) bond motifs is 4. The van der Waals surface area contributed by atoms with Crippen molar-refractivity contribution in [3.8, 4) is 0 Å². The van der Waals surface area contributed by atoms with Crippen LogP contribution in [0.4, 0.5) is 14.5 Å². The van der Waals surface area contributed by atoms with Crippen LogP contribution in [0, 0.1) is 11.6 Å². The average molecular weight is 371 g/mol. The van der Waals surface area contributed by atoms with Gasteiger partial charge in [-0.15, -0.1) is 11.3 Å². The van der Waals surface area contributed by atoms with E-state index in [1.807, 2.05) is 0 Å². The third-order valence-electron chi connectivity index (χ3n) is 4.27. The van der Waals surface area contributed by atoms with Gasteiger partial charge in [0.2, 0.25) is 0 Å². The van der Waals surface area contributed by atoms with Crippen molar-refractivity contribution in [2.75, 3.05) is 18.4 Å². The molecule has 4 rings (SSSR count). The smallest absolute Gasteiger partial charge is 0.196 e. The van der Waals surface area contributed by atoms with E-state index in [9.17, 15) is 13.6 Å². The van der Waals surface area contributed by atoms with Gasteiger partial charge >= 0.3 is 0 Å². The highest BCUT2D eigenvalue weighted by Crippen LogP contribution is 2.34. The molecule has 2 aromatic carbocycles. The van der Waals surface area contributed by atoms with Crippen LogP contribution in [0.5, 0.6) is 0 Å². The van der Waals surface area contributed by atoms with Crippen molar-refractivity contribution in [2.24, 2.45) is 5.73 Å². The summed E-state index contributed by atoms with van der Waals surface area (Å²) in [6.45, 7) is 0.944. The lowest BCUT2D eigenvalue weighted by Gasteiger charge is -2.12. The molecule has 4 aromatic rings. The zero-order valence-corrected chi connectivity index (χ0v) is 14.5. The highest BCUT2D eigenvalue weighted by Gasteiger charge is 2.16. The molecule has 2 heterocycles. The van der Waals surface area contributed by atoms with E-state index in [1.54, 1.807) is 12.3 Å². The summed E-state index contributed by atoms with van der Waals surface area (Å²) in [6, 6.07) is 6.98. The first-order valence-corrected chi connectivity index (χ1v) is 8.99. The quantitative estimate of drug-likeness (QED) is 0.323. The van der Waals surface area contributed by atoms with Crippen LogP contribution in [0.3, 0.4) is 0 Å². The summed E-state index contributed by atoms with van der Waals surface area (Å²) in [5.74, 6) is -0.945. The first-order chi connectivity index (χ1) is 12.6. The normalized spacial score (nSPS) is 11.5. The van der Waals surface area contributed by atoms with Crippen LogP contribution in [0.15, 0.2) is 41.3 Å². The summed E-state index contributed by atoms with van der Waals surface area (Å²) in [4.78, 5) is 17.5. The van der Waals surface area contributed by atoms with Crippen LogP contribution >= 0.6 is 11.3 Å². The van der Waals surface area contributed by atoms with Crippen molar-refractivity contribution in [3.63, 3.8) is 0 Å². The maximum Gasteiger partial charge on any atom is 0.196 e. The highest BCUT2D eigenvalue weighted by atomic mass is 32.1. The molecule has 0 atom stereocenters. The molecule has 0 spiro atoms. The van der Waals surface area contributed by atoms with Crippen molar-refractivity contribution >= 4 is 48.1 Å². The molecule has 2 aromatic heterocycles. The van der Waals surface area contributed by atoms with Crippen LogP contribution in [-0.4, -0.2) is 18.1 Å². The molecule has 0 saturated heterocycles. The zero-order valence-electron chi connectivity index (χ0n) is 13.7. The van der Waals surface area contributed by atoms with Crippen LogP contribution in [0.2, 0.25) is 0 Å². The molecule has 0 bridgehead atoms. The zero-order chi connectivity index (χ0) is 18.3. The Balaban J connectivity index is 2.12. The van der Waals surface area contributed by atoms with Gasteiger partial charge in [-0.2, -0.15) is 0 Å². The monoisotopic (exact) mass is 371 g/mol. The fourth-order valence-electron chi connectivity index (χ4n) is 3.06. The van der Waals surface area contributed by atoms with Gasteiger partial charge in [-0.25, -0.2) is 8.78 Å². The fourth-order valence-corrected chi connectivity index (χ4v) is 4.09. The van der Waals surface area contributed by atoms with E-state index in [1.165, 1.54) is 35.6 Å². The van der Waals surface area contributed by atoms with E-state index in [4.69, 9.17) is 5.73 Å². The number of nitrogens with one attached hydrogen (secondary N) is 1. The number of aromatic nitrogens is 1. The van der Waals surface area contributed by atoms with Gasteiger partial charge < -0.3 is 11.1 Å². The van der Waals surface area contributed by atoms with Gasteiger partial charge in [0.25, 0.3) is 0 Å². The molecule has 0 unspecified atom stereocenters.